The fourth-order valence-corrected chi connectivity index (χ4v) is 1.49. The minimum absolute atomic E-state index is 0.449. The van der Waals surface area contributed by atoms with Gasteiger partial charge in [-0.15, -0.1) is 0 Å². The van der Waals surface area contributed by atoms with Gasteiger partial charge in [0.15, 0.2) is 0 Å². The molecule has 2 atom stereocenters. The molecule has 0 spiro atoms. The fraction of sp³-hybridized carbons (Fsp3) is 1.00. The third kappa shape index (κ3) is 3.28. The first kappa shape index (κ1) is 11.0. The molecule has 2 unspecified atom stereocenters. The van der Waals surface area contributed by atoms with E-state index < -0.39 is 0 Å². The highest BCUT2D eigenvalue weighted by Gasteiger charge is 2.26. The Bertz CT molecular complexity index is 85.6. The molecule has 0 N–H and O–H groups in total. The molecule has 0 aromatic heterocycles. The zero-order valence-corrected chi connectivity index (χ0v) is 8.55. The van der Waals surface area contributed by atoms with Crippen LogP contribution in [0.3, 0.4) is 0 Å². The summed E-state index contributed by atoms with van der Waals surface area (Å²) < 4.78 is 5.46. The van der Waals surface area contributed by atoms with Gasteiger partial charge < -0.3 is 4.65 Å². The summed E-state index contributed by atoms with van der Waals surface area (Å²) >= 11 is 0. The largest absolute Gasteiger partial charge is 0.438 e. The highest BCUT2D eigenvalue weighted by atomic mass is 16.4. The minimum atomic E-state index is 0.449. The van der Waals surface area contributed by atoms with Crippen LogP contribution in [-0.4, -0.2) is 14.0 Å². The third-order valence-corrected chi connectivity index (χ3v) is 2.68. The van der Waals surface area contributed by atoms with Gasteiger partial charge >= 0.3 is 0 Å². The van der Waals surface area contributed by atoms with Crippen molar-refractivity contribution in [1.82, 2.24) is 0 Å². The Morgan fingerprint density at radius 1 is 1.09 bits per heavy atom. The van der Waals surface area contributed by atoms with Crippen LogP contribution in [0.1, 0.15) is 40.5 Å². The van der Waals surface area contributed by atoms with Crippen molar-refractivity contribution in [2.24, 2.45) is 0 Å². The molecule has 0 bridgehead atoms. The molecule has 0 aliphatic rings. The lowest BCUT2D eigenvalue weighted by Crippen LogP contribution is -2.26. The van der Waals surface area contributed by atoms with Gasteiger partial charge in [0.1, 0.15) is 0 Å². The van der Waals surface area contributed by atoms with E-state index in [1.165, 1.54) is 12.8 Å². The molecule has 0 saturated heterocycles. The van der Waals surface area contributed by atoms with Crippen molar-refractivity contribution in [3.63, 3.8) is 0 Å². The summed E-state index contributed by atoms with van der Waals surface area (Å²) in [6.45, 7) is 9.42. The first-order valence-corrected chi connectivity index (χ1v) is 4.70. The van der Waals surface area contributed by atoms with E-state index in [4.69, 9.17) is 4.65 Å². The second-order valence-corrected chi connectivity index (χ2v) is 3.47. The monoisotopic (exact) mass is 156 g/mol. The van der Waals surface area contributed by atoms with Crippen molar-refractivity contribution < 1.29 is 4.65 Å². The van der Waals surface area contributed by atoms with Crippen molar-refractivity contribution in [2.75, 3.05) is 7.11 Å². The van der Waals surface area contributed by atoms with E-state index in [1.807, 2.05) is 7.11 Å². The summed E-state index contributed by atoms with van der Waals surface area (Å²) in [7, 11) is 1.82. The minimum Gasteiger partial charge on any atom is -0.438 e. The standard InChI is InChI=1S/C9H21BO/c1-6-8(3)10(11-5)9(4)7-2/h8-9H,6-7H2,1-5H3. The highest BCUT2D eigenvalue weighted by molar-refractivity contribution is 6.55. The van der Waals surface area contributed by atoms with Crippen LogP contribution in [0.15, 0.2) is 0 Å². The molecule has 0 fully saturated rings. The van der Waals surface area contributed by atoms with E-state index in [9.17, 15) is 0 Å². The average Bonchev–Trinajstić information content (AvgIpc) is 2.05. The molecule has 0 heterocycles. The molecule has 0 aliphatic carbocycles. The number of hydrogen-bond acceptors (Lipinski definition) is 1. The lowest BCUT2D eigenvalue weighted by Gasteiger charge is -2.22. The predicted molar refractivity (Wildman–Crippen MR) is 52.2 cm³/mol. The van der Waals surface area contributed by atoms with Crippen molar-refractivity contribution in [3.05, 3.63) is 0 Å². The van der Waals surface area contributed by atoms with Crippen LogP contribution >= 0.6 is 0 Å². The van der Waals surface area contributed by atoms with Crippen LogP contribution in [0.5, 0.6) is 0 Å². The van der Waals surface area contributed by atoms with Gasteiger partial charge in [-0.1, -0.05) is 40.5 Å². The van der Waals surface area contributed by atoms with Crippen LogP contribution in [-0.2, 0) is 4.65 Å². The molecule has 0 aliphatic heterocycles. The van der Waals surface area contributed by atoms with Crippen LogP contribution < -0.4 is 0 Å². The SMILES string of the molecule is CCC(C)B(OC)C(C)CC. The average molecular weight is 156 g/mol. The molecule has 0 rings (SSSR count). The van der Waals surface area contributed by atoms with E-state index in [-0.39, 0.29) is 0 Å². The second-order valence-electron chi connectivity index (χ2n) is 3.47. The Kier molecular flexibility index (Phi) is 5.66. The maximum atomic E-state index is 5.46. The van der Waals surface area contributed by atoms with Crippen LogP contribution in [0.25, 0.3) is 0 Å². The van der Waals surface area contributed by atoms with Crippen molar-refractivity contribution in [2.45, 2.75) is 52.2 Å². The van der Waals surface area contributed by atoms with Crippen molar-refractivity contribution >= 4 is 6.92 Å². The Morgan fingerprint density at radius 3 is 1.64 bits per heavy atom. The molecule has 1 nitrogen and oxygen atoms in total. The van der Waals surface area contributed by atoms with Gasteiger partial charge in [0.25, 0.3) is 6.92 Å². The summed E-state index contributed by atoms with van der Waals surface area (Å²) in [4.78, 5) is 0. The number of hydrogen-bond donors (Lipinski definition) is 0. The lowest BCUT2D eigenvalue weighted by atomic mass is 9.47. The predicted octanol–water partition coefficient (Wildman–Crippen LogP) is 3.22. The molecule has 2 heteroatoms. The maximum Gasteiger partial charge on any atom is 0.298 e. The summed E-state index contributed by atoms with van der Waals surface area (Å²) in [5.74, 6) is 1.38. The van der Waals surface area contributed by atoms with Crippen LogP contribution in [0.2, 0.25) is 11.6 Å². The Morgan fingerprint density at radius 2 is 1.45 bits per heavy atom. The first-order valence-electron chi connectivity index (χ1n) is 4.70. The Labute approximate surface area is 71.6 Å². The molecule has 0 radical (unpaired) electrons. The molecule has 0 aromatic carbocycles. The quantitative estimate of drug-likeness (QED) is 0.555. The van der Waals surface area contributed by atoms with E-state index in [0.717, 1.165) is 0 Å². The fourth-order valence-electron chi connectivity index (χ4n) is 1.49. The summed E-state index contributed by atoms with van der Waals surface area (Å²) in [5.41, 5.74) is 0. The van der Waals surface area contributed by atoms with E-state index >= 15 is 0 Å². The molecule has 0 aromatic rings. The van der Waals surface area contributed by atoms with Crippen LogP contribution in [0.4, 0.5) is 0 Å². The van der Waals surface area contributed by atoms with Gasteiger partial charge in [-0.2, -0.15) is 0 Å². The summed E-state index contributed by atoms with van der Waals surface area (Å²) in [6, 6.07) is 0. The van der Waals surface area contributed by atoms with E-state index in [1.54, 1.807) is 0 Å². The van der Waals surface area contributed by atoms with Crippen LogP contribution in [0, 0.1) is 0 Å². The molecule has 0 saturated carbocycles. The van der Waals surface area contributed by atoms with E-state index in [2.05, 4.69) is 27.7 Å². The molecular formula is C9H21BO. The normalized spacial score (nSPS) is 16.1. The van der Waals surface area contributed by atoms with Gasteiger partial charge in [0.2, 0.25) is 0 Å². The molecular weight excluding hydrogens is 135 g/mol. The van der Waals surface area contributed by atoms with Gasteiger partial charge in [0, 0.05) is 7.11 Å². The second kappa shape index (κ2) is 5.65. The van der Waals surface area contributed by atoms with Gasteiger partial charge in [-0.25, -0.2) is 0 Å². The molecule has 66 valence electrons. The summed E-state index contributed by atoms with van der Waals surface area (Å²) in [5, 5.41) is 0. The third-order valence-electron chi connectivity index (χ3n) is 2.68. The maximum absolute atomic E-state index is 5.46. The highest BCUT2D eigenvalue weighted by Crippen LogP contribution is 2.26. The lowest BCUT2D eigenvalue weighted by molar-refractivity contribution is 0.393. The topological polar surface area (TPSA) is 9.23 Å². The molecule has 0 amide bonds. The molecule has 11 heavy (non-hydrogen) atoms. The van der Waals surface area contributed by atoms with Crippen molar-refractivity contribution in [3.8, 4) is 0 Å². The smallest absolute Gasteiger partial charge is 0.298 e. The summed E-state index contributed by atoms with van der Waals surface area (Å²) in [6.07, 6.45) is 2.42. The number of rotatable bonds is 5. The first-order chi connectivity index (χ1) is 5.17. The van der Waals surface area contributed by atoms with Gasteiger partial charge in [0.05, 0.1) is 0 Å². The zero-order valence-electron chi connectivity index (χ0n) is 8.55. The Balaban J connectivity index is 3.92. The Hall–Kier alpha value is 0.0249. The zero-order chi connectivity index (χ0) is 8.85. The van der Waals surface area contributed by atoms with Gasteiger partial charge in [-0.3, -0.25) is 0 Å². The van der Waals surface area contributed by atoms with Crippen molar-refractivity contribution in [1.29, 1.82) is 0 Å². The van der Waals surface area contributed by atoms with E-state index in [0.29, 0.717) is 18.6 Å². The van der Waals surface area contributed by atoms with Gasteiger partial charge in [-0.05, 0) is 11.6 Å².